The second-order valence-electron chi connectivity index (χ2n) is 11.3. The lowest BCUT2D eigenvalue weighted by Crippen LogP contribution is -2.55. The number of aryl methyl sites for hydroxylation is 2. The Morgan fingerprint density at radius 2 is 1.64 bits per heavy atom. The summed E-state index contributed by atoms with van der Waals surface area (Å²) in [5, 5.41) is 2.99. The molecule has 0 aromatic heterocycles. The lowest BCUT2D eigenvalue weighted by Gasteiger charge is -2.35. The molecule has 1 atom stereocenters. The molecule has 0 saturated carbocycles. The fourth-order valence-electron chi connectivity index (χ4n) is 4.52. The van der Waals surface area contributed by atoms with Crippen molar-refractivity contribution >= 4 is 43.5 Å². The Morgan fingerprint density at radius 3 is 2.19 bits per heavy atom. The van der Waals surface area contributed by atoms with Gasteiger partial charge >= 0.3 is 0 Å². The highest BCUT2D eigenvalue weighted by molar-refractivity contribution is 9.10. The number of carbonyl (C=O) groups is 2. The number of methoxy groups -OCH3 is 1. The van der Waals surface area contributed by atoms with Crippen LogP contribution in [0.3, 0.4) is 0 Å². The molecule has 0 aliphatic carbocycles. The average molecular weight is 659 g/mol. The van der Waals surface area contributed by atoms with Gasteiger partial charge in [0.25, 0.3) is 10.0 Å². The molecule has 42 heavy (non-hydrogen) atoms. The van der Waals surface area contributed by atoms with Gasteiger partial charge in [-0.05, 0) is 98.4 Å². The van der Waals surface area contributed by atoms with Crippen molar-refractivity contribution in [3.05, 3.63) is 87.9 Å². The minimum absolute atomic E-state index is 0.00785. The van der Waals surface area contributed by atoms with Crippen LogP contribution in [-0.4, -0.2) is 50.4 Å². The van der Waals surface area contributed by atoms with E-state index in [4.69, 9.17) is 4.74 Å². The van der Waals surface area contributed by atoms with Crippen molar-refractivity contribution in [1.82, 2.24) is 10.2 Å². The van der Waals surface area contributed by atoms with E-state index in [1.54, 1.807) is 30.3 Å². The standard InChI is InChI=1S/C32H40BrN3O5S/c1-8-28(31(38)34-32(4,5)6)35(20-24-12-10-9-11-23(24)3)30(37)21-36(25-15-13-22(2)14-16-25)42(39,40)26-17-18-29(41-7)27(33)19-26/h9-19,28H,8,20-21H2,1-7H3,(H,34,38)/t28-/m0/s1. The van der Waals surface area contributed by atoms with Crippen LogP contribution in [0.5, 0.6) is 5.75 Å². The van der Waals surface area contributed by atoms with E-state index in [1.165, 1.54) is 24.1 Å². The van der Waals surface area contributed by atoms with Crippen LogP contribution in [0.4, 0.5) is 5.69 Å². The fourth-order valence-corrected chi connectivity index (χ4v) is 6.65. The number of hydrogen-bond donors (Lipinski definition) is 1. The predicted octanol–water partition coefficient (Wildman–Crippen LogP) is 5.99. The van der Waals surface area contributed by atoms with Gasteiger partial charge in [0.15, 0.2) is 0 Å². The first-order valence-corrected chi connectivity index (χ1v) is 16.0. The van der Waals surface area contributed by atoms with E-state index >= 15 is 0 Å². The van der Waals surface area contributed by atoms with Gasteiger partial charge in [0.2, 0.25) is 11.8 Å². The Bertz CT molecular complexity index is 1520. The summed E-state index contributed by atoms with van der Waals surface area (Å²) >= 11 is 3.37. The maximum atomic E-state index is 14.2. The number of nitrogens with zero attached hydrogens (tertiary/aromatic N) is 2. The Morgan fingerprint density at radius 1 is 1.00 bits per heavy atom. The van der Waals surface area contributed by atoms with Gasteiger partial charge < -0.3 is 15.0 Å². The Kier molecular flexibility index (Phi) is 10.8. The quantitative estimate of drug-likeness (QED) is 0.273. The summed E-state index contributed by atoms with van der Waals surface area (Å²) in [6.07, 6.45) is 0.349. The van der Waals surface area contributed by atoms with Crippen molar-refractivity contribution in [1.29, 1.82) is 0 Å². The van der Waals surface area contributed by atoms with Crippen molar-refractivity contribution in [2.45, 2.75) is 71.0 Å². The first-order valence-electron chi connectivity index (χ1n) is 13.8. The van der Waals surface area contributed by atoms with Gasteiger partial charge in [-0.15, -0.1) is 0 Å². The van der Waals surface area contributed by atoms with Crippen LogP contribution in [0, 0.1) is 13.8 Å². The van der Waals surface area contributed by atoms with Gasteiger partial charge in [-0.2, -0.15) is 0 Å². The van der Waals surface area contributed by atoms with E-state index in [0.29, 0.717) is 22.3 Å². The number of hydrogen-bond acceptors (Lipinski definition) is 5. The first-order chi connectivity index (χ1) is 19.7. The van der Waals surface area contributed by atoms with E-state index in [2.05, 4.69) is 21.2 Å². The molecule has 0 heterocycles. The Labute approximate surface area is 258 Å². The molecule has 8 nitrogen and oxygen atoms in total. The van der Waals surface area contributed by atoms with Gasteiger partial charge in [-0.3, -0.25) is 13.9 Å². The van der Waals surface area contributed by atoms with Crippen molar-refractivity contribution in [2.24, 2.45) is 0 Å². The maximum Gasteiger partial charge on any atom is 0.264 e. The fraction of sp³-hybridized carbons (Fsp3) is 0.375. The summed E-state index contributed by atoms with van der Waals surface area (Å²) in [6.45, 7) is 11.0. The molecule has 0 spiro atoms. The predicted molar refractivity (Wildman–Crippen MR) is 170 cm³/mol. The largest absolute Gasteiger partial charge is 0.496 e. The highest BCUT2D eigenvalue weighted by Gasteiger charge is 2.35. The van der Waals surface area contributed by atoms with Gasteiger partial charge in [-0.1, -0.05) is 48.9 Å². The van der Waals surface area contributed by atoms with Crippen LogP contribution in [0.25, 0.3) is 0 Å². The van der Waals surface area contributed by atoms with E-state index in [0.717, 1.165) is 21.0 Å². The SMILES string of the molecule is CC[C@@H](C(=O)NC(C)(C)C)N(Cc1ccccc1C)C(=O)CN(c1ccc(C)cc1)S(=O)(=O)c1ccc(OC)c(Br)c1. The number of sulfonamides is 1. The second kappa shape index (κ2) is 13.7. The highest BCUT2D eigenvalue weighted by Crippen LogP contribution is 2.31. The van der Waals surface area contributed by atoms with Crippen LogP contribution in [-0.2, 0) is 26.2 Å². The van der Waals surface area contributed by atoms with Crippen LogP contribution in [0.15, 0.2) is 76.1 Å². The lowest BCUT2D eigenvalue weighted by atomic mass is 10.0. The highest BCUT2D eigenvalue weighted by atomic mass is 79.9. The number of ether oxygens (including phenoxy) is 1. The molecule has 0 radical (unpaired) electrons. The summed E-state index contributed by atoms with van der Waals surface area (Å²) < 4.78 is 35.1. The van der Waals surface area contributed by atoms with E-state index in [1.807, 2.05) is 65.8 Å². The summed E-state index contributed by atoms with van der Waals surface area (Å²) in [7, 11) is -2.71. The molecule has 0 unspecified atom stereocenters. The number of benzene rings is 3. The number of nitrogens with one attached hydrogen (secondary N) is 1. The van der Waals surface area contributed by atoms with Gasteiger partial charge in [-0.25, -0.2) is 8.42 Å². The van der Waals surface area contributed by atoms with Gasteiger partial charge in [0, 0.05) is 12.1 Å². The number of amides is 2. The zero-order valence-electron chi connectivity index (χ0n) is 25.3. The lowest BCUT2D eigenvalue weighted by molar-refractivity contribution is -0.141. The molecule has 0 bridgehead atoms. The molecule has 0 fully saturated rings. The third-order valence-electron chi connectivity index (χ3n) is 6.80. The van der Waals surface area contributed by atoms with Crippen LogP contribution in [0.1, 0.15) is 50.8 Å². The van der Waals surface area contributed by atoms with Crippen molar-refractivity contribution in [3.63, 3.8) is 0 Å². The molecule has 1 N–H and O–H groups in total. The first kappa shape index (κ1) is 33.1. The third-order valence-corrected chi connectivity index (χ3v) is 9.19. The zero-order valence-corrected chi connectivity index (χ0v) is 27.7. The normalized spacial score (nSPS) is 12.4. The Hall–Kier alpha value is -3.37. The molecular formula is C32H40BrN3O5S. The third kappa shape index (κ3) is 8.13. The van der Waals surface area contributed by atoms with Crippen molar-refractivity contribution in [3.8, 4) is 5.75 Å². The van der Waals surface area contributed by atoms with Gasteiger partial charge in [0.1, 0.15) is 18.3 Å². The van der Waals surface area contributed by atoms with Crippen molar-refractivity contribution in [2.75, 3.05) is 18.0 Å². The summed E-state index contributed by atoms with van der Waals surface area (Å²) in [4.78, 5) is 29.2. The van der Waals surface area contributed by atoms with E-state index < -0.39 is 34.1 Å². The number of carbonyl (C=O) groups excluding carboxylic acids is 2. The Balaban J connectivity index is 2.10. The topological polar surface area (TPSA) is 96.0 Å². The molecule has 0 aliphatic rings. The summed E-state index contributed by atoms with van der Waals surface area (Å²) in [5.41, 5.74) is 2.61. The number of halogens is 1. The summed E-state index contributed by atoms with van der Waals surface area (Å²) in [6, 6.07) is 18.2. The molecular weight excluding hydrogens is 618 g/mol. The minimum Gasteiger partial charge on any atom is -0.496 e. The molecule has 3 aromatic carbocycles. The zero-order chi connectivity index (χ0) is 31.2. The molecule has 0 aliphatic heterocycles. The minimum atomic E-state index is -4.21. The smallest absolute Gasteiger partial charge is 0.264 e. The van der Waals surface area contributed by atoms with Crippen LogP contribution < -0.4 is 14.4 Å². The molecule has 3 rings (SSSR count). The van der Waals surface area contributed by atoms with Gasteiger partial charge in [0.05, 0.1) is 22.2 Å². The number of anilines is 1. The molecule has 3 aromatic rings. The van der Waals surface area contributed by atoms with E-state index in [-0.39, 0.29) is 17.3 Å². The van der Waals surface area contributed by atoms with Crippen LogP contribution in [0.2, 0.25) is 0 Å². The van der Waals surface area contributed by atoms with Crippen LogP contribution >= 0.6 is 15.9 Å². The number of rotatable bonds is 11. The monoisotopic (exact) mass is 657 g/mol. The average Bonchev–Trinajstić information content (AvgIpc) is 2.92. The molecule has 2 amide bonds. The molecule has 226 valence electrons. The summed E-state index contributed by atoms with van der Waals surface area (Å²) in [5.74, 6) is -0.311. The second-order valence-corrected chi connectivity index (χ2v) is 14.0. The maximum absolute atomic E-state index is 14.2. The van der Waals surface area contributed by atoms with Crippen molar-refractivity contribution < 1.29 is 22.7 Å². The molecule has 10 heteroatoms. The van der Waals surface area contributed by atoms with E-state index in [9.17, 15) is 18.0 Å². The molecule has 0 saturated heterocycles.